The minimum atomic E-state index is -0.827. The van der Waals surface area contributed by atoms with Gasteiger partial charge in [0.05, 0.1) is 6.61 Å². The van der Waals surface area contributed by atoms with Crippen molar-refractivity contribution in [2.75, 3.05) is 27.3 Å². The highest BCUT2D eigenvalue weighted by molar-refractivity contribution is 5.98. The second kappa shape index (κ2) is 8.47. The van der Waals surface area contributed by atoms with Crippen molar-refractivity contribution >= 4 is 18.0 Å². The second-order valence-corrected chi connectivity index (χ2v) is 4.54. The van der Waals surface area contributed by atoms with Gasteiger partial charge in [-0.05, 0) is 30.7 Å². The molecule has 0 spiro atoms. The van der Waals surface area contributed by atoms with Gasteiger partial charge in [0, 0.05) is 14.1 Å². The summed E-state index contributed by atoms with van der Waals surface area (Å²) in [6.45, 7) is 2.05. The molecule has 1 aromatic carbocycles. The number of carbonyl (C=O) groups excluding carboxylic acids is 2. The Morgan fingerprint density at radius 3 is 2.41 bits per heavy atom. The monoisotopic (exact) mass is 302 g/mol. The van der Waals surface area contributed by atoms with Crippen LogP contribution in [-0.2, 0) is 14.3 Å². The van der Waals surface area contributed by atoms with E-state index in [1.165, 1.54) is 11.0 Å². The number of nitriles is 1. The van der Waals surface area contributed by atoms with E-state index in [9.17, 15) is 9.59 Å². The van der Waals surface area contributed by atoms with E-state index in [0.29, 0.717) is 17.9 Å². The predicted molar refractivity (Wildman–Crippen MR) is 80.9 cm³/mol. The summed E-state index contributed by atoms with van der Waals surface area (Å²) in [6.07, 6.45) is 1.40. The lowest BCUT2D eigenvalue weighted by atomic mass is 10.1. The lowest BCUT2D eigenvalue weighted by Gasteiger charge is -2.10. The molecule has 0 fully saturated rings. The van der Waals surface area contributed by atoms with Gasteiger partial charge in [-0.1, -0.05) is 12.1 Å². The summed E-state index contributed by atoms with van der Waals surface area (Å²) in [4.78, 5) is 24.4. The van der Waals surface area contributed by atoms with Crippen molar-refractivity contribution in [3.8, 4) is 11.8 Å². The second-order valence-electron chi connectivity index (χ2n) is 4.54. The molecular formula is C16H18N2O4. The van der Waals surface area contributed by atoms with Gasteiger partial charge < -0.3 is 14.4 Å². The first-order chi connectivity index (χ1) is 10.5. The average molecular weight is 302 g/mol. The molecule has 0 N–H and O–H groups in total. The first-order valence-electron chi connectivity index (χ1n) is 6.69. The van der Waals surface area contributed by atoms with Crippen LogP contribution in [0, 0.1) is 11.3 Å². The van der Waals surface area contributed by atoms with Crippen molar-refractivity contribution in [3.63, 3.8) is 0 Å². The maximum Gasteiger partial charge on any atom is 0.349 e. The molecule has 6 nitrogen and oxygen atoms in total. The highest BCUT2D eigenvalue weighted by Crippen LogP contribution is 2.15. The van der Waals surface area contributed by atoms with Gasteiger partial charge in [0.25, 0.3) is 5.91 Å². The molecule has 0 saturated carbocycles. The van der Waals surface area contributed by atoms with E-state index in [4.69, 9.17) is 14.7 Å². The van der Waals surface area contributed by atoms with Crippen LogP contribution in [0.2, 0.25) is 0 Å². The topological polar surface area (TPSA) is 79.6 Å². The maximum atomic E-state index is 11.8. The fourth-order valence-electron chi connectivity index (χ4n) is 1.46. The van der Waals surface area contributed by atoms with E-state index in [1.807, 2.05) is 6.92 Å². The zero-order valence-corrected chi connectivity index (χ0v) is 12.8. The lowest BCUT2D eigenvalue weighted by molar-refractivity contribution is -0.147. The third-order valence-corrected chi connectivity index (χ3v) is 2.67. The van der Waals surface area contributed by atoms with Crippen LogP contribution in [-0.4, -0.2) is 44.1 Å². The lowest BCUT2D eigenvalue weighted by Crippen LogP contribution is -2.27. The number of benzene rings is 1. The van der Waals surface area contributed by atoms with Crippen LogP contribution in [0.5, 0.6) is 5.75 Å². The largest absolute Gasteiger partial charge is 0.494 e. The van der Waals surface area contributed by atoms with Gasteiger partial charge in [-0.2, -0.15) is 5.26 Å². The van der Waals surface area contributed by atoms with Crippen LogP contribution in [0.1, 0.15) is 12.5 Å². The summed E-state index contributed by atoms with van der Waals surface area (Å²) in [5, 5.41) is 9.03. The van der Waals surface area contributed by atoms with E-state index in [-0.39, 0.29) is 11.5 Å². The van der Waals surface area contributed by atoms with Crippen LogP contribution < -0.4 is 4.74 Å². The number of hydrogen-bond donors (Lipinski definition) is 0. The van der Waals surface area contributed by atoms with E-state index in [1.54, 1.807) is 44.4 Å². The number of amides is 1. The Morgan fingerprint density at radius 1 is 1.27 bits per heavy atom. The third kappa shape index (κ3) is 5.29. The Labute approximate surface area is 129 Å². The number of carbonyl (C=O) groups is 2. The highest BCUT2D eigenvalue weighted by atomic mass is 16.5. The molecule has 0 aromatic heterocycles. The Kier molecular flexibility index (Phi) is 6.64. The van der Waals surface area contributed by atoms with Crippen LogP contribution in [0.25, 0.3) is 6.08 Å². The number of likely N-dealkylation sites (N-methyl/N-ethyl adjacent to an activating group) is 1. The summed E-state index contributed by atoms with van der Waals surface area (Å²) in [5.41, 5.74) is 0.492. The minimum Gasteiger partial charge on any atom is -0.494 e. The molecule has 0 atom stereocenters. The summed E-state index contributed by atoms with van der Waals surface area (Å²) in [5.74, 6) is -0.476. The minimum absolute atomic E-state index is 0.171. The van der Waals surface area contributed by atoms with E-state index in [2.05, 4.69) is 0 Å². The predicted octanol–water partition coefficient (Wildman–Crippen LogP) is 1.62. The SMILES string of the molecule is CCOc1ccc(/C=C(\C#N)C(=O)OCC(=O)N(C)C)cc1. The van der Waals surface area contributed by atoms with Crippen molar-refractivity contribution in [2.24, 2.45) is 0 Å². The number of esters is 1. The Morgan fingerprint density at radius 2 is 1.91 bits per heavy atom. The first kappa shape index (κ1) is 17.2. The number of nitrogens with zero attached hydrogens (tertiary/aromatic N) is 2. The van der Waals surface area contributed by atoms with Gasteiger partial charge in [0.15, 0.2) is 6.61 Å². The molecule has 0 unspecified atom stereocenters. The van der Waals surface area contributed by atoms with Crippen LogP contribution >= 0.6 is 0 Å². The van der Waals surface area contributed by atoms with Crippen molar-refractivity contribution in [3.05, 3.63) is 35.4 Å². The molecule has 0 aliphatic heterocycles. The fraction of sp³-hybridized carbons (Fsp3) is 0.312. The molecule has 0 aliphatic rings. The highest BCUT2D eigenvalue weighted by Gasteiger charge is 2.13. The van der Waals surface area contributed by atoms with Gasteiger partial charge >= 0.3 is 5.97 Å². The molecule has 6 heteroatoms. The fourth-order valence-corrected chi connectivity index (χ4v) is 1.46. The Hall–Kier alpha value is -2.81. The zero-order chi connectivity index (χ0) is 16.5. The van der Waals surface area contributed by atoms with Crippen LogP contribution in [0.15, 0.2) is 29.8 Å². The van der Waals surface area contributed by atoms with E-state index >= 15 is 0 Å². The summed E-state index contributed by atoms with van der Waals surface area (Å²) in [7, 11) is 3.11. The van der Waals surface area contributed by atoms with Crippen LogP contribution in [0.4, 0.5) is 0 Å². The maximum absolute atomic E-state index is 11.8. The Bertz CT molecular complexity index is 598. The van der Waals surface area contributed by atoms with Crippen LogP contribution in [0.3, 0.4) is 0 Å². The van der Waals surface area contributed by atoms with Crippen molar-refractivity contribution in [1.82, 2.24) is 4.90 Å². The molecule has 0 saturated heterocycles. The Balaban J connectivity index is 2.75. The number of ether oxygens (including phenoxy) is 2. The zero-order valence-electron chi connectivity index (χ0n) is 12.8. The van der Waals surface area contributed by atoms with Crippen molar-refractivity contribution in [1.29, 1.82) is 5.26 Å². The smallest absolute Gasteiger partial charge is 0.349 e. The van der Waals surface area contributed by atoms with Gasteiger partial charge in [-0.25, -0.2) is 4.79 Å². The summed E-state index contributed by atoms with van der Waals surface area (Å²) >= 11 is 0. The molecule has 0 radical (unpaired) electrons. The molecule has 22 heavy (non-hydrogen) atoms. The van der Waals surface area contributed by atoms with Gasteiger partial charge in [0.1, 0.15) is 17.4 Å². The van der Waals surface area contributed by atoms with Gasteiger partial charge in [0.2, 0.25) is 0 Å². The van der Waals surface area contributed by atoms with Gasteiger partial charge in [-0.3, -0.25) is 4.79 Å². The standard InChI is InChI=1S/C16H18N2O4/c1-4-21-14-7-5-12(6-8-14)9-13(10-17)16(20)22-11-15(19)18(2)3/h5-9H,4,11H2,1-3H3/b13-9+. The summed E-state index contributed by atoms with van der Waals surface area (Å²) in [6, 6.07) is 8.70. The summed E-state index contributed by atoms with van der Waals surface area (Å²) < 4.78 is 10.1. The molecular weight excluding hydrogens is 284 g/mol. The van der Waals surface area contributed by atoms with E-state index < -0.39 is 12.6 Å². The van der Waals surface area contributed by atoms with E-state index in [0.717, 1.165) is 0 Å². The normalized spacial score (nSPS) is 10.5. The van der Waals surface area contributed by atoms with Gasteiger partial charge in [-0.15, -0.1) is 0 Å². The molecule has 1 amide bonds. The number of hydrogen-bond acceptors (Lipinski definition) is 5. The molecule has 1 aromatic rings. The first-order valence-corrected chi connectivity index (χ1v) is 6.69. The molecule has 0 aliphatic carbocycles. The van der Waals surface area contributed by atoms with Crippen molar-refractivity contribution < 1.29 is 19.1 Å². The molecule has 1 rings (SSSR count). The van der Waals surface area contributed by atoms with Crippen molar-refractivity contribution in [2.45, 2.75) is 6.92 Å². The number of rotatable bonds is 6. The quantitative estimate of drug-likeness (QED) is 0.453. The third-order valence-electron chi connectivity index (χ3n) is 2.67. The average Bonchev–Trinajstić information content (AvgIpc) is 2.51. The molecule has 0 heterocycles. The molecule has 0 bridgehead atoms. The molecule has 116 valence electrons.